The maximum Gasteiger partial charge on any atom is 0.319 e. The van der Waals surface area contributed by atoms with E-state index in [9.17, 15) is 9.00 Å². The molecule has 0 radical (unpaired) electrons. The van der Waals surface area contributed by atoms with Crippen molar-refractivity contribution in [1.29, 1.82) is 0 Å². The largest absolute Gasteiger partial charge is 0.480 e. The van der Waals surface area contributed by atoms with E-state index < -0.39 is 22.0 Å². The first-order valence-electron chi connectivity index (χ1n) is 5.99. The Balaban J connectivity index is 2.92. The van der Waals surface area contributed by atoms with Gasteiger partial charge in [-0.3, -0.25) is 9.00 Å². The highest BCUT2D eigenvalue weighted by Gasteiger charge is 2.28. The van der Waals surface area contributed by atoms with E-state index in [1.165, 1.54) is 0 Å². The first-order chi connectivity index (χ1) is 8.32. The van der Waals surface area contributed by atoms with Crippen LogP contribution in [0, 0.1) is 19.8 Å². The fourth-order valence-electron chi connectivity index (χ4n) is 1.90. The van der Waals surface area contributed by atoms with E-state index in [1.807, 2.05) is 32.0 Å². The number of rotatable bonds is 5. The second-order valence-corrected chi connectivity index (χ2v) is 6.52. The lowest BCUT2D eigenvalue weighted by molar-refractivity contribution is -0.137. The third-order valence-electron chi connectivity index (χ3n) is 2.93. The minimum Gasteiger partial charge on any atom is -0.480 e. The van der Waals surface area contributed by atoms with Crippen molar-refractivity contribution in [3.05, 3.63) is 34.9 Å². The topological polar surface area (TPSA) is 54.4 Å². The van der Waals surface area contributed by atoms with Gasteiger partial charge in [0.1, 0.15) is 5.25 Å². The van der Waals surface area contributed by atoms with Crippen LogP contribution in [0.2, 0.25) is 0 Å². The van der Waals surface area contributed by atoms with Gasteiger partial charge >= 0.3 is 5.97 Å². The summed E-state index contributed by atoms with van der Waals surface area (Å²) in [6.07, 6.45) is 0. The van der Waals surface area contributed by atoms with Crippen LogP contribution < -0.4 is 0 Å². The van der Waals surface area contributed by atoms with Crippen molar-refractivity contribution in [2.45, 2.75) is 38.7 Å². The minimum absolute atomic E-state index is 0.131. The van der Waals surface area contributed by atoms with Gasteiger partial charge in [-0.2, -0.15) is 0 Å². The van der Waals surface area contributed by atoms with E-state index in [-0.39, 0.29) is 5.92 Å². The number of carboxylic acid groups (broad SMARTS) is 1. The van der Waals surface area contributed by atoms with Gasteiger partial charge in [0.2, 0.25) is 0 Å². The Bertz CT molecular complexity index is 466. The van der Waals surface area contributed by atoms with Crippen molar-refractivity contribution in [3.8, 4) is 0 Å². The smallest absolute Gasteiger partial charge is 0.319 e. The number of aliphatic carboxylic acids is 1. The quantitative estimate of drug-likeness (QED) is 0.893. The van der Waals surface area contributed by atoms with Gasteiger partial charge in [-0.1, -0.05) is 37.6 Å². The molecule has 0 fully saturated rings. The minimum atomic E-state index is -1.39. The van der Waals surface area contributed by atoms with E-state index in [2.05, 4.69) is 0 Å². The highest BCUT2D eigenvalue weighted by Crippen LogP contribution is 2.18. The Morgan fingerprint density at radius 3 is 2.44 bits per heavy atom. The molecule has 0 heterocycles. The molecule has 0 saturated carbocycles. The monoisotopic (exact) mass is 268 g/mol. The first kappa shape index (κ1) is 14.9. The Hall–Kier alpha value is -1.16. The summed E-state index contributed by atoms with van der Waals surface area (Å²) >= 11 is 0. The number of carbonyl (C=O) groups is 1. The van der Waals surface area contributed by atoms with E-state index >= 15 is 0 Å². The molecule has 1 aromatic carbocycles. The molecule has 0 aliphatic carbocycles. The van der Waals surface area contributed by atoms with E-state index in [1.54, 1.807) is 13.8 Å². The van der Waals surface area contributed by atoms with Crippen molar-refractivity contribution in [3.63, 3.8) is 0 Å². The third-order valence-corrected chi connectivity index (χ3v) is 4.84. The van der Waals surface area contributed by atoms with Gasteiger partial charge in [-0.25, -0.2) is 0 Å². The highest BCUT2D eigenvalue weighted by molar-refractivity contribution is 7.85. The normalized spacial score (nSPS) is 14.5. The fourth-order valence-corrected chi connectivity index (χ4v) is 3.53. The molecular weight excluding hydrogens is 248 g/mol. The van der Waals surface area contributed by atoms with Gasteiger partial charge < -0.3 is 5.11 Å². The number of hydrogen-bond acceptors (Lipinski definition) is 2. The zero-order valence-electron chi connectivity index (χ0n) is 11.3. The predicted molar refractivity (Wildman–Crippen MR) is 74.0 cm³/mol. The number of carboxylic acids is 1. The van der Waals surface area contributed by atoms with Crippen LogP contribution in [-0.2, 0) is 21.3 Å². The van der Waals surface area contributed by atoms with Crippen LogP contribution in [0.25, 0.3) is 0 Å². The van der Waals surface area contributed by atoms with Gasteiger partial charge in [0, 0.05) is 16.6 Å². The summed E-state index contributed by atoms with van der Waals surface area (Å²) in [5, 5.41) is 8.32. The van der Waals surface area contributed by atoms with E-state index in [0.717, 1.165) is 16.7 Å². The molecule has 0 bridgehead atoms. The molecule has 0 amide bonds. The Morgan fingerprint density at radius 2 is 1.94 bits per heavy atom. The zero-order chi connectivity index (χ0) is 13.9. The molecule has 0 aromatic heterocycles. The average Bonchev–Trinajstić information content (AvgIpc) is 2.22. The fraction of sp³-hybridized carbons (Fsp3) is 0.500. The number of benzene rings is 1. The summed E-state index contributed by atoms with van der Waals surface area (Å²) in [4.78, 5) is 11.1. The van der Waals surface area contributed by atoms with Gasteiger partial charge in [0.25, 0.3) is 0 Å². The molecule has 1 aromatic rings. The molecule has 1 rings (SSSR count). The standard InChI is InChI=1S/C14H20O3S/c1-9(2)13(14(15)16)18(17)8-12-7-10(3)5-6-11(12)4/h5-7,9,13H,8H2,1-4H3,(H,15,16). The summed E-state index contributed by atoms with van der Waals surface area (Å²) in [6, 6.07) is 5.96. The van der Waals surface area contributed by atoms with Crippen molar-refractivity contribution < 1.29 is 14.1 Å². The zero-order valence-corrected chi connectivity index (χ0v) is 12.1. The number of aryl methyl sites for hydroxylation is 2. The van der Waals surface area contributed by atoms with Crippen molar-refractivity contribution in [2.75, 3.05) is 0 Å². The Morgan fingerprint density at radius 1 is 1.33 bits per heavy atom. The maximum atomic E-state index is 12.2. The molecule has 4 heteroatoms. The lowest BCUT2D eigenvalue weighted by atomic mass is 10.1. The van der Waals surface area contributed by atoms with Crippen molar-refractivity contribution in [1.82, 2.24) is 0 Å². The summed E-state index contributed by atoms with van der Waals surface area (Å²) in [5.41, 5.74) is 3.13. The van der Waals surface area contributed by atoms with Crippen LogP contribution in [0.1, 0.15) is 30.5 Å². The summed E-state index contributed by atoms with van der Waals surface area (Å²) in [6.45, 7) is 7.51. The lowest BCUT2D eigenvalue weighted by Gasteiger charge is -2.16. The van der Waals surface area contributed by atoms with Gasteiger partial charge in [-0.15, -0.1) is 0 Å². The Kier molecular flexibility index (Phi) is 5.08. The Labute approximate surface area is 111 Å². The second kappa shape index (κ2) is 6.14. The summed E-state index contributed by atoms with van der Waals surface area (Å²) in [5.74, 6) is -0.801. The third kappa shape index (κ3) is 3.67. The molecular formula is C14H20O3S. The molecule has 0 spiro atoms. The van der Waals surface area contributed by atoms with E-state index in [4.69, 9.17) is 5.11 Å². The molecule has 18 heavy (non-hydrogen) atoms. The predicted octanol–water partition coefficient (Wildman–Crippen LogP) is 2.66. The molecule has 2 atom stereocenters. The SMILES string of the molecule is Cc1ccc(C)c(CS(=O)C(C(=O)O)C(C)C)c1. The van der Waals surface area contributed by atoms with Crippen LogP contribution in [0.4, 0.5) is 0 Å². The molecule has 0 saturated heterocycles. The van der Waals surface area contributed by atoms with Gasteiger partial charge in [-0.05, 0) is 30.9 Å². The van der Waals surface area contributed by atoms with Crippen molar-refractivity contribution >= 4 is 16.8 Å². The van der Waals surface area contributed by atoms with Crippen LogP contribution in [0.5, 0.6) is 0 Å². The van der Waals surface area contributed by atoms with Crippen LogP contribution >= 0.6 is 0 Å². The number of hydrogen-bond donors (Lipinski definition) is 1. The lowest BCUT2D eigenvalue weighted by Crippen LogP contribution is -2.31. The average molecular weight is 268 g/mol. The molecule has 0 aliphatic rings. The van der Waals surface area contributed by atoms with E-state index in [0.29, 0.717) is 5.75 Å². The maximum absolute atomic E-state index is 12.2. The molecule has 2 unspecified atom stereocenters. The van der Waals surface area contributed by atoms with Crippen LogP contribution in [-0.4, -0.2) is 20.5 Å². The summed E-state index contributed by atoms with van der Waals surface area (Å²) in [7, 11) is -1.39. The van der Waals surface area contributed by atoms with Crippen molar-refractivity contribution in [2.24, 2.45) is 5.92 Å². The molecule has 1 N–H and O–H groups in total. The van der Waals surface area contributed by atoms with Gasteiger partial charge in [0.15, 0.2) is 0 Å². The first-order valence-corrected chi connectivity index (χ1v) is 7.37. The van der Waals surface area contributed by atoms with Gasteiger partial charge in [0.05, 0.1) is 0 Å². The van der Waals surface area contributed by atoms with Crippen LogP contribution in [0.15, 0.2) is 18.2 Å². The molecule has 0 aliphatic heterocycles. The molecule has 100 valence electrons. The van der Waals surface area contributed by atoms with Crippen LogP contribution in [0.3, 0.4) is 0 Å². The highest BCUT2D eigenvalue weighted by atomic mass is 32.2. The molecule has 3 nitrogen and oxygen atoms in total. The second-order valence-electron chi connectivity index (χ2n) is 4.96. The summed E-state index contributed by atoms with van der Waals surface area (Å²) < 4.78 is 12.2.